The van der Waals surface area contributed by atoms with Crippen LogP contribution in [0.4, 0.5) is 4.39 Å². The first kappa shape index (κ1) is 20.6. The average Bonchev–Trinajstić information content (AvgIpc) is 2.73. The summed E-state index contributed by atoms with van der Waals surface area (Å²) < 4.78 is 19.4. The number of fused-ring (bicyclic) bond motifs is 1. The summed E-state index contributed by atoms with van der Waals surface area (Å²) in [5, 5.41) is 1.22. The number of carbonyl (C=O) groups excluding carboxylic acids is 1. The van der Waals surface area contributed by atoms with E-state index < -0.39 is 6.10 Å². The smallest absolute Gasteiger partial charge is 0.263 e. The van der Waals surface area contributed by atoms with Crippen molar-refractivity contribution in [2.75, 3.05) is 13.1 Å². The first-order valence-electron chi connectivity index (χ1n) is 10.2. The number of ether oxygens (including phenoxy) is 1. The minimum absolute atomic E-state index is 0.0156. The van der Waals surface area contributed by atoms with Crippen LogP contribution in [0.15, 0.2) is 48.7 Å². The molecule has 0 aliphatic carbocycles. The van der Waals surface area contributed by atoms with Crippen LogP contribution in [0, 0.1) is 11.7 Å². The summed E-state index contributed by atoms with van der Waals surface area (Å²) >= 11 is 6.25. The van der Waals surface area contributed by atoms with Crippen molar-refractivity contribution in [2.24, 2.45) is 5.92 Å². The predicted octanol–water partition coefficient (Wildman–Crippen LogP) is 5.72. The molecular weight excluding hydrogens is 403 g/mol. The van der Waals surface area contributed by atoms with Gasteiger partial charge in [-0.1, -0.05) is 18.5 Å². The fraction of sp³-hybridized carbons (Fsp3) is 0.333. The fourth-order valence-electron chi connectivity index (χ4n) is 3.88. The Morgan fingerprint density at radius 3 is 2.67 bits per heavy atom. The molecule has 1 aliphatic rings. The molecule has 1 fully saturated rings. The van der Waals surface area contributed by atoms with Crippen molar-refractivity contribution in [2.45, 2.75) is 32.8 Å². The van der Waals surface area contributed by atoms with Gasteiger partial charge in [0, 0.05) is 36.3 Å². The Labute approximate surface area is 180 Å². The van der Waals surface area contributed by atoms with E-state index in [2.05, 4.69) is 11.9 Å². The lowest BCUT2D eigenvalue weighted by molar-refractivity contribution is -0.139. The van der Waals surface area contributed by atoms with E-state index in [9.17, 15) is 9.18 Å². The largest absolute Gasteiger partial charge is 0.481 e. The van der Waals surface area contributed by atoms with E-state index in [4.69, 9.17) is 16.3 Å². The van der Waals surface area contributed by atoms with Crippen molar-refractivity contribution in [1.82, 2.24) is 9.88 Å². The zero-order chi connectivity index (χ0) is 21.3. The lowest BCUT2D eigenvalue weighted by atomic mass is 9.99. The third-order valence-corrected chi connectivity index (χ3v) is 6.00. The molecule has 1 atom stereocenters. The number of benzene rings is 2. The number of rotatable bonds is 4. The maximum atomic E-state index is 13.4. The number of likely N-dealkylation sites (tertiary alicyclic amines) is 1. The van der Waals surface area contributed by atoms with E-state index in [0.717, 1.165) is 48.0 Å². The zero-order valence-corrected chi connectivity index (χ0v) is 17.8. The van der Waals surface area contributed by atoms with Gasteiger partial charge >= 0.3 is 0 Å². The van der Waals surface area contributed by atoms with E-state index >= 15 is 0 Å². The summed E-state index contributed by atoms with van der Waals surface area (Å²) in [5.41, 5.74) is 2.32. The average molecular weight is 427 g/mol. The number of amides is 1. The van der Waals surface area contributed by atoms with Crippen molar-refractivity contribution < 1.29 is 13.9 Å². The Kier molecular flexibility index (Phi) is 5.91. The van der Waals surface area contributed by atoms with Gasteiger partial charge in [-0.3, -0.25) is 9.78 Å². The summed E-state index contributed by atoms with van der Waals surface area (Å²) in [7, 11) is 0. The molecule has 4 nitrogen and oxygen atoms in total. The van der Waals surface area contributed by atoms with Gasteiger partial charge in [0.2, 0.25) is 0 Å². The molecule has 1 unspecified atom stereocenters. The van der Waals surface area contributed by atoms with E-state index in [0.29, 0.717) is 16.7 Å². The van der Waals surface area contributed by atoms with Crippen LogP contribution in [0.3, 0.4) is 0 Å². The molecule has 2 heterocycles. The highest BCUT2D eigenvalue weighted by Gasteiger charge is 2.25. The molecule has 0 bridgehead atoms. The molecule has 1 saturated heterocycles. The second kappa shape index (κ2) is 8.60. The molecule has 1 aromatic heterocycles. The van der Waals surface area contributed by atoms with Gasteiger partial charge in [-0.05, 0) is 67.6 Å². The molecule has 0 N–H and O–H groups in total. The topological polar surface area (TPSA) is 42.4 Å². The standard InChI is InChI=1S/C24H24ClFN2O2/c1-15-8-11-28(12-9-15)24(29)16(2)30-18-4-6-21-19(7-10-27-23(21)14-18)20-5-3-17(26)13-22(20)25/h3-7,10,13-16H,8-9,11-12H2,1-2H3. The molecular formula is C24H24ClFN2O2. The lowest BCUT2D eigenvalue weighted by Gasteiger charge is -2.32. The van der Waals surface area contributed by atoms with Gasteiger partial charge < -0.3 is 9.64 Å². The predicted molar refractivity (Wildman–Crippen MR) is 117 cm³/mol. The highest BCUT2D eigenvalue weighted by atomic mass is 35.5. The summed E-state index contributed by atoms with van der Waals surface area (Å²) in [6, 6.07) is 11.7. The normalized spacial score (nSPS) is 15.9. The van der Waals surface area contributed by atoms with Crippen LogP contribution in [0.2, 0.25) is 5.02 Å². The van der Waals surface area contributed by atoms with Gasteiger partial charge in [-0.15, -0.1) is 0 Å². The molecule has 2 aromatic carbocycles. The van der Waals surface area contributed by atoms with Crippen molar-refractivity contribution in [3.8, 4) is 16.9 Å². The fourth-order valence-corrected chi connectivity index (χ4v) is 4.15. The molecule has 0 radical (unpaired) electrons. The number of halogens is 2. The second-order valence-electron chi connectivity index (χ2n) is 7.93. The van der Waals surface area contributed by atoms with Gasteiger partial charge in [0.1, 0.15) is 11.6 Å². The van der Waals surface area contributed by atoms with Gasteiger partial charge in [0.05, 0.1) is 10.5 Å². The van der Waals surface area contributed by atoms with Gasteiger partial charge in [0.25, 0.3) is 5.91 Å². The Morgan fingerprint density at radius 2 is 1.93 bits per heavy atom. The number of hydrogen-bond acceptors (Lipinski definition) is 3. The monoisotopic (exact) mass is 426 g/mol. The van der Waals surface area contributed by atoms with Crippen molar-refractivity contribution in [3.63, 3.8) is 0 Å². The van der Waals surface area contributed by atoms with E-state index in [-0.39, 0.29) is 11.7 Å². The van der Waals surface area contributed by atoms with Gasteiger partial charge in [0.15, 0.2) is 6.10 Å². The first-order valence-corrected chi connectivity index (χ1v) is 10.6. The number of nitrogens with zero attached hydrogens (tertiary/aromatic N) is 2. The van der Waals surface area contributed by atoms with E-state index in [1.54, 1.807) is 19.2 Å². The molecule has 4 rings (SSSR count). The minimum Gasteiger partial charge on any atom is -0.481 e. The molecule has 6 heteroatoms. The third-order valence-electron chi connectivity index (χ3n) is 5.69. The molecule has 1 aliphatic heterocycles. The number of pyridine rings is 1. The van der Waals surface area contributed by atoms with Crippen LogP contribution in [-0.4, -0.2) is 35.0 Å². The van der Waals surface area contributed by atoms with Gasteiger partial charge in [-0.2, -0.15) is 0 Å². The van der Waals surface area contributed by atoms with Crippen molar-refractivity contribution in [1.29, 1.82) is 0 Å². The summed E-state index contributed by atoms with van der Waals surface area (Å²) in [6.07, 6.45) is 3.19. The molecule has 1 amide bonds. The highest BCUT2D eigenvalue weighted by molar-refractivity contribution is 6.33. The van der Waals surface area contributed by atoms with Crippen LogP contribution in [0.5, 0.6) is 5.75 Å². The minimum atomic E-state index is -0.564. The number of hydrogen-bond donors (Lipinski definition) is 0. The lowest BCUT2D eigenvalue weighted by Crippen LogP contribution is -2.44. The molecule has 30 heavy (non-hydrogen) atoms. The highest BCUT2D eigenvalue weighted by Crippen LogP contribution is 2.34. The number of carbonyl (C=O) groups is 1. The van der Waals surface area contributed by atoms with Crippen LogP contribution in [0.25, 0.3) is 22.0 Å². The SMILES string of the molecule is CC1CCN(C(=O)C(C)Oc2ccc3c(-c4ccc(F)cc4Cl)ccnc3c2)CC1. The molecule has 3 aromatic rings. The van der Waals surface area contributed by atoms with Crippen LogP contribution >= 0.6 is 11.6 Å². The van der Waals surface area contributed by atoms with Crippen molar-refractivity contribution in [3.05, 3.63) is 59.5 Å². The number of aromatic nitrogens is 1. The van der Waals surface area contributed by atoms with Crippen molar-refractivity contribution >= 4 is 28.4 Å². The Hall–Kier alpha value is -2.66. The Morgan fingerprint density at radius 1 is 1.17 bits per heavy atom. The van der Waals surface area contributed by atoms with E-state index in [1.165, 1.54) is 12.1 Å². The zero-order valence-electron chi connectivity index (χ0n) is 17.1. The van der Waals surface area contributed by atoms with Crippen LogP contribution in [0.1, 0.15) is 26.7 Å². The van der Waals surface area contributed by atoms with Crippen LogP contribution in [-0.2, 0) is 4.79 Å². The molecule has 0 saturated carbocycles. The summed E-state index contributed by atoms with van der Waals surface area (Å²) in [6.45, 7) is 5.58. The number of piperidine rings is 1. The first-order chi connectivity index (χ1) is 14.4. The second-order valence-corrected chi connectivity index (χ2v) is 8.34. The Bertz CT molecular complexity index is 1080. The maximum Gasteiger partial charge on any atom is 0.263 e. The molecule has 156 valence electrons. The summed E-state index contributed by atoms with van der Waals surface area (Å²) in [5.74, 6) is 0.894. The van der Waals surface area contributed by atoms with Gasteiger partial charge in [-0.25, -0.2) is 4.39 Å². The third kappa shape index (κ3) is 4.26. The van der Waals surface area contributed by atoms with Crippen LogP contribution < -0.4 is 4.74 Å². The Balaban J connectivity index is 1.56. The quantitative estimate of drug-likeness (QED) is 0.535. The molecule has 0 spiro atoms. The maximum absolute atomic E-state index is 13.4. The summed E-state index contributed by atoms with van der Waals surface area (Å²) in [4.78, 5) is 19.0. The van der Waals surface area contributed by atoms with E-state index in [1.807, 2.05) is 29.2 Å².